The first kappa shape index (κ1) is 22.8. The first-order valence-electron chi connectivity index (χ1n) is 12.2. The number of para-hydroxylation sites is 1. The van der Waals surface area contributed by atoms with Gasteiger partial charge in [-0.1, -0.05) is 31.0 Å². The SMILES string of the molecule is CC(C(=O)NCCc1c[nH]c2ccccc12)N1CCN(CC(=O)N2CCCCCC2)CC1. The lowest BCUT2D eigenvalue weighted by Gasteiger charge is -2.37. The molecule has 4 rings (SSSR count). The fraction of sp³-hybridized carbons (Fsp3) is 0.600. The Hall–Kier alpha value is -2.38. The molecule has 0 radical (unpaired) electrons. The van der Waals surface area contributed by atoms with Gasteiger partial charge in [-0.05, 0) is 37.8 Å². The van der Waals surface area contributed by atoms with Crippen LogP contribution in [0.25, 0.3) is 10.9 Å². The summed E-state index contributed by atoms with van der Waals surface area (Å²) in [6.07, 6.45) is 7.59. The number of H-pyrrole nitrogens is 1. The Bertz CT molecular complexity index is 895. The van der Waals surface area contributed by atoms with Crippen molar-refractivity contribution < 1.29 is 9.59 Å². The highest BCUT2D eigenvalue weighted by atomic mass is 16.2. The molecule has 2 aliphatic rings. The maximum atomic E-state index is 12.7. The van der Waals surface area contributed by atoms with Crippen LogP contribution in [0.3, 0.4) is 0 Å². The van der Waals surface area contributed by atoms with E-state index in [9.17, 15) is 9.59 Å². The maximum absolute atomic E-state index is 12.7. The molecular formula is C25H37N5O2. The van der Waals surface area contributed by atoms with Crippen molar-refractivity contribution in [1.82, 2.24) is 25.0 Å². The molecule has 2 aromatic rings. The average molecular weight is 440 g/mol. The summed E-state index contributed by atoms with van der Waals surface area (Å²) in [6, 6.07) is 8.10. The molecule has 7 heteroatoms. The fourth-order valence-electron chi connectivity index (χ4n) is 4.89. The van der Waals surface area contributed by atoms with Crippen LogP contribution in [-0.2, 0) is 16.0 Å². The van der Waals surface area contributed by atoms with E-state index < -0.39 is 0 Å². The average Bonchev–Trinajstić information content (AvgIpc) is 3.03. The summed E-state index contributed by atoms with van der Waals surface area (Å²) in [7, 11) is 0. The molecule has 174 valence electrons. The van der Waals surface area contributed by atoms with Crippen LogP contribution in [0.1, 0.15) is 38.2 Å². The summed E-state index contributed by atoms with van der Waals surface area (Å²) >= 11 is 0. The van der Waals surface area contributed by atoms with Gasteiger partial charge in [0.1, 0.15) is 0 Å². The predicted molar refractivity (Wildman–Crippen MR) is 128 cm³/mol. The van der Waals surface area contributed by atoms with Crippen LogP contribution in [0.5, 0.6) is 0 Å². The number of likely N-dealkylation sites (tertiary alicyclic amines) is 1. The fourth-order valence-corrected chi connectivity index (χ4v) is 4.89. The molecule has 2 aliphatic heterocycles. The molecule has 0 aliphatic carbocycles. The predicted octanol–water partition coefficient (Wildman–Crippen LogP) is 2.24. The minimum Gasteiger partial charge on any atom is -0.361 e. The molecule has 1 unspecified atom stereocenters. The number of hydrogen-bond acceptors (Lipinski definition) is 4. The molecule has 7 nitrogen and oxygen atoms in total. The highest BCUT2D eigenvalue weighted by Gasteiger charge is 2.27. The summed E-state index contributed by atoms with van der Waals surface area (Å²) in [4.78, 5) is 35.1. The molecule has 0 spiro atoms. The number of hydrogen-bond donors (Lipinski definition) is 2. The number of carbonyl (C=O) groups is 2. The molecule has 1 aromatic heterocycles. The molecule has 1 atom stereocenters. The zero-order valence-electron chi connectivity index (χ0n) is 19.3. The van der Waals surface area contributed by atoms with Crippen LogP contribution in [-0.4, -0.2) is 89.9 Å². The van der Waals surface area contributed by atoms with Crippen LogP contribution >= 0.6 is 0 Å². The highest BCUT2D eigenvalue weighted by molar-refractivity contribution is 5.83. The van der Waals surface area contributed by atoms with Crippen molar-refractivity contribution in [2.24, 2.45) is 0 Å². The van der Waals surface area contributed by atoms with E-state index >= 15 is 0 Å². The van der Waals surface area contributed by atoms with E-state index in [1.807, 2.05) is 30.2 Å². The summed E-state index contributed by atoms with van der Waals surface area (Å²) in [5.74, 6) is 0.349. The number of amides is 2. The normalized spacial score (nSPS) is 19.6. The Morgan fingerprint density at radius 1 is 1.00 bits per heavy atom. The molecule has 3 heterocycles. The summed E-state index contributed by atoms with van der Waals surface area (Å²) in [6.45, 7) is 8.28. The second-order valence-electron chi connectivity index (χ2n) is 9.18. The van der Waals surface area contributed by atoms with Crippen molar-refractivity contribution in [1.29, 1.82) is 0 Å². The topological polar surface area (TPSA) is 71.7 Å². The third kappa shape index (κ3) is 5.70. The number of piperazine rings is 1. The van der Waals surface area contributed by atoms with Crippen LogP contribution in [0, 0.1) is 0 Å². The number of carbonyl (C=O) groups excluding carboxylic acids is 2. The first-order chi connectivity index (χ1) is 15.6. The van der Waals surface area contributed by atoms with Gasteiger partial charge in [-0.25, -0.2) is 0 Å². The van der Waals surface area contributed by atoms with Gasteiger partial charge in [-0.3, -0.25) is 19.4 Å². The van der Waals surface area contributed by atoms with Gasteiger partial charge >= 0.3 is 0 Å². The summed E-state index contributed by atoms with van der Waals surface area (Å²) in [5, 5.41) is 4.33. The minimum atomic E-state index is -0.151. The molecular weight excluding hydrogens is 402 g/mol. The molecule has 2 saturated heterocycles. The van der Waals surface area contributed by atoms with E-state index in [1.54, 1.807) is 0 Å². The van der Waals surface area contributed by atoms with E-state index in [0.29, 0.717) is 13.1 Å². The number of nitrogens with zero attached hydrogens (tertiary/aromatic N) is 3. The van der Waals surface area contributed by atoms with Gasteiger partial charge in [-0.2, -0.15) is 0 Å². The lowest BCUT2D eigenvalue weighted by Crippen LogP contribution is -2.55. The lowest BCUT2D eigenvalue weighted by molar-refractivity contribution is -0.133. The van der Waals surface area contributed by atoms with Crippen molar-refractivity contribution in [2.75, 3.05) is 52.4 Å². The van der Waals surface area contributed by atoms with Gasteiger partial charge in [0, 0.05) is 62.9 Å². The smallest absolute Gasteiger partial charge is 0.237 e. The van der Waals surface area contributed by atoms with Crippen molar-refractivity contribution in [2.45, 2.75) is 45.1 Å². The molecule has 0 bridgehead atoms. The zero-order chi connectivity index (χ0) is 22.3. The van der Waals surface area contributed by atoms with Gasteiger partial charge in [0.25, 0.3) is 0 Å². The monoisotopic (exact) mass is 439 g/mol. The number of fused-ring (bicyclic) bond motifs is 1. The number of aromatic amines is 1. The minimum absolute atomic E-state index is 0.0823. The van der Waals surface area contributed by atoms with E-state index in [4.69, 9.17) is 0 Å². The molecule has 1 aromatic carbocycles. The molecule has 2 fully saturated rings. The second kappa shape index (κ2) is 11.0. The Labute approximate surface area is 191 Å². The molecule has 2 N–H and O–H groups in total. The third-order valence-electron chi connectivity index (χ3n) is 7.02. The van der Waals surface area contributed by atoms with Gasteiger partial charge < -0.3 is 15.2 Å². The second-order valence-corrected chi connectivity index (χ2v) is 9.18. The maximum Gasteiger partial charge on any atom is 0.237 e. The largest absolute Gasteiger partial charge is 0.361 e. The Kier molecular flexibility index (Phi) is 7.81. The first-order valence-corrected chi connectivity index (χ1v) is 12.2. The van der Waals surface area contributed by atoms with Crippen LogP contribution < -0.4 is 5.32 Å². The number of rotatable bonds is 7. The van der Waals surface area contributed by atoms with E-state index in [0.717, 1.165) is 64.0 Å². The van der Waals surface area contributed by atoms with Crippen LogP contribution in [0.2, 0.25) is 0 Å². The quantitative estimate of drug-likeness (QED) is 0.694. The van der Waals surface area contributed by atoms with Gasteiger partial charge in [0.05, 0.1) is 12.6 Å². The number of nitrogens with one attached hydrogen (secondary N) is 2. The van der Waals surface area contributed by atoms with E-state index in [1.165, 1.54) is 23.8 Å². The van der Waals surface area contributed by atoms with E-state index in [2.05, 4.69) is 32.2 Å². The lowest BCUT2D eigenvalue weighted by atomic mass is 10.1. The molecule has 32 heavy (non-hydrogen) atoms. The third-order valence-corrected chi connectivity index (χ3v) is 7.02. The van der Waals surface area contributed by atoms with Crippen molar-refractivity contribution in [3.63, 3.8) is 0 Å². The number of aromatic nitrogens is 1. The highest BCUT2D eigenvalue weighted by Crippen LogP contribution is 2.18. The van der Waals surface area contributed by atoms with E-state index in [-0.39, 0.29) is 17.9 Å². The molecule has 0 saturated carbocycles. The Morgan fingerprint density at radius 3 is 2.47 bits per heavy atom. The van der Waals surface area contributed by atoms with Gasteiger partial charge in [0.15, 0.2) is 0 Å². The standard InChI is InChI=1S/C25H37N5O2/c1-20(25(32)26-11-10-21-18-27-23-9-5-4-8-22(21)23)29-16-14-28(15-17-29)19-24(31)30-12-6-2-3-7-13-30/h4-5,8-9,18,20,27H,2-3,6-7,10-17,19H2,1H3,(H,26,32). The molecule has 2 amide bonds. The Balaban J connectivity index is 1.17. The Morgan fingerprint density at radius 2 is 1.72 bits per heavy atom. The zero-order valence-corrected chi connectivity index (χ0v) is 19.3. The van der Waals surface area contributed by atoms with Crippen molar-refractivity contribution in [3.05, 3.63) is 36.0 Å². The summed E-state index contributed by atoms with van der Waals surface area (Å²) in [5.41, 5.74) is 2.37. The van der Waals surface area contributed by atoms with Crippen LogP contribution in [0.15, 0.2) is 30.5 Å². The van der Waals surface area contributed by atoms with Crippen molar-refractivity contribution in [3.8, 4) is 0 Å². The van der Waals surface area contributed by atoms with Crippen molar-refractivity contribution >= 4 is 22.7 Å². The van der Waals surface area contributed by atoms with Gasteiger partial charge in [-0.15, -0.1) is 0 Å². The van der Waals surface area contributed by atoms with Gasteiger partial charge in [0.2, 0.25) is 11.8 Å². The number of benzene rings is 1. The van der Waals surface area contributed by atoms with Crippen LogP contribution in [0.4, 0.5) is 0 Å². The summed E-state index contributed by atoms with van der Waals surface area (Å²) < 4.78 is 0.